The molecule has 1 aromatic carbocycles. The molecule has 0 aliphatic carbocycles. The molecule has 0 saturated carbocycles. The second-order valence-electron chi connectivity index (χ2n) is 5.65. The number of rotatable bonds is 8. The van der Waals surface area contributed by atoms with E-state index in [9.17, 15) is 8.42 Å². The van der Waals surface area contributed by atoms with Crippen molar-refractivity contribution in [1.82, 2.24) is 20.3 Å². The first-order valence-corrected chi connectivity index (χ1v) is 9.98. The smallest absolute Gasteiger partial charge is 0.240 e. The molecular formula is C18H25N5O2S. The Hall–Kier alpha value is -2.45. The second kappa shape index (κ2) is 9.88. The van der Waals surface area contributed by atoms with Crippen LogP contribution in [-0.4, -0.2) is 39.0 Å². The maximum absolute atomic E-state index is 12.2. The fourth-order valence-electron chi connectivity index (χ4n) is 2.16. The fraction of sp³-hybridized carbons (Fsp3) is 0.333. The lowest BCUT2D eigenvalue weighted by Gasteiger charge is -2.12. The van der Waals surface area contributed by atoms with Crippen molar-refractivity contribution in [3.63, 3.8) is 0 Å². The van der Waals surface area contributed by atoms with E-state index < -0.39 is 10.0 Å². The van der Waals surface area contributed by atoms with Crippen LogP contribution >= 0.6 is 0 Å². The molecule has 0 atom stereocenters. The van der Waals surface area contributed by atoms with Crippen molar-refractivity contribution >= 4 is 16.0 Å². The molecule has 0 spiro atoms. The SMILES string of the molecule is CCNC(=NCc1ccccn1)NCCNS(=O)(=O)c1ccc(C)cc1. The number of nitrogens with zero attached hydrogens (tertiary/aromatic N) is 2. The summed E-state index contributed by atoms with van der Waals surface area (Å²) in [6, 6.07) is 12.4. The normalized spacial score (nSPS) is 12.0. The van der Waals surface area contributed by atoms with Gasteiger partial charge in [-0.1, -0.05) is 23.8 Å². The second-order valence-corrected chi connectivity index (χ2v) is 7.42. The van der Waals surface area contributed by atoms with Crippen LogP contribution < -0.4 is 15.4 Å². The van der Waals surface area contributed by atoms with E-state index in [1.807, 2.05) is 32.0 Å². The molecule has 3 N–H and O–H groups in total. The van der Waals surface area contributed by atoms with Crippen molar-refractivity contribution in [2.75, 3.05) is 19.6 Å². The summed E-state index contributed by atoms with van der Waals surface area (Å²) in [4.78, 5) is 8.93. The quantitative estimate of drug-likeness (QED) is 0.368. The third-order valence-electron chi connectivity index (χ3n) is 3.51. The average Bonchev–Trinajstić information content (AvgIpc) is 2.64. The Kier molecular flexibility index (Phi) is 7.55. The van der Waals surface area contributed by atoms with Crippen LogP contribution in [0.4, 0.5) is 0 Å². The summed E-state index contributed by atoms with van der Waals surface area (Å²) in [7, 11) is -3.50. The van der Waals surface area contributed by atoms with E-state index in [4.69, 9.17) is 0 Å². The van der Waals surface area contributed by atoms with Gasteiger partial charge in [0.15, 0.2) is 5.96 Å². The van der Waals surface area contributed by atoms with E-state index in [0.717, 1.165) is 11.3 Å². The lowest BCUT2D eigenvalue weighted by molar-refractivity contribution is 0.580. The van der Waals surface area contributed by atoms with Crippen molar-refractivity contribution in [2.24, 2.45) is 4.99 Å². The molecule has 1 heterocycles. The molecule has 26 heavy (non-hydrogen) atoms. The predicted molar refractivity (Wildman–Crippen MR) is 103 cm³/mol. The Morgan fingerprint density at radius 1 is 1.08 bits per heavy atom. The zero-order valence-electron chi connectivity index (χ0n) is 15.1. The molecule has 2 rings (SSSR count). The van der Waals surface area contributed by atoms with Gasteiger partial charge in [0.25, 0.3) is 0 Å². The third-order valence-corrected chi connectivity index (χ3v) is 4.99. The van der Waals surface area contributed by atoms with E-state index in [-0.39, 0.29) is 11.4 Å². The highest BCUT2D eigenvalue weighted by molar-refractivity contribution is 7.89. The minimum Gasteiger partial charge on any atom is -0.357 e. The van der Waals surface area contributed by atoms with Crippen LogP contribution in [0.3, 0.4) is 0 Å². The van der Waals surface area contributed by atoms with Gasteiger partial charge < -0.3 is 10.6 Å². The molecule has 0 unspecified atom stereocenters. The Labute approximate surface area is 155 Å². The molecule has 0 fully saturated rings. The highest BCUT2D eigenvalue weighted by Gasteiger charge is 2.12. The first kappa shape index (κ1) is 19.9. The highest BCUT2D eigenvalue weighted by Crippen LogP contribution is 2.09. The molecular weight excluding hydrogens is 350 g/mol. The molecule has 8 heteroatoms. The predicted octanol–water partition coefficient (Wildman–Crippen LogP) is 1.42. The largest absolute Gasteiger partial charge is 0.357 e. The number of aromatic nitrogens is 1. The van der Waals surface area contributed by atoms with Crippen LogP contribution in [0, 0.1) is 6.92 Å². The number of pyridine rings is 1. The van der Waals surface area contributed by atoms with Gasteiger partial charge in [0.05, 0.1) is 17.1 Å². The molecule has 0 amide bonds. The van der Waals surface area contributed by atoms with Gasteiger partial charge in [-0.05, 0) is 38.1 Å². The summed E-state index contributed by atoms with van der Waals surface area (Å²) >= 11 is 0. The molecule has 0 aliphatic rings. The summed E-state index contributed by atoms with van der Waals surface area (Å²) in [5.74, 6) is 0.618. The van der Waals surface area contributed by atoms with Gasteiger partial charge in [-0.25, -0.2) is 18.1 Å². The fourth-order valence-corrected chi connectivity index (χ4v) is 3.19. The molecule has 7 nitrogen and oxygen atoms in total. The zero-order chi connectivity index (χ0) is 18.8. The van der Waals surface area contributed by atoms with E-state index in [1.54, 1.807) is 30.5 Å². The molecule has 0 saturated heterocycles. The number of sulfonamides is 1. The van der Waals surface area contributed by atoms with Crippen molar-refractivity contribution < 1.29 is 8.42 Å². The summed E-state index contributed by atoms with van der Waals surface area (Å²) in [5.41, 5.74) is 1.88. The lowest BCUT2D eigenvalue weighted by Crippen LogP contribution is -2.41. The first-order chi connectivity index (χ1) is 12.5. The summed E-state index contributed by atoms with van der Waals surface area (Å²) < 4.78 is 27.0. The Morgan fingerprint density at radius 2 is 1.85 bits per heavy atom. The first-order valence-electron chi connectivity index (χ1n) is 8.49. The number of aryl methyl sites for hydroxylation is 1. The van der Waals surface area contributed by atoms with Crippen LogP contribution in [-0.2, 0) is 16.6 Å². The maximum atomic E-state index is 12.2. The van der Waals surface area contributed by atoms with Crippen molar-refractivity contribution in [2.45, 2.75) is 25.3 Å². The van der Waals surface area contributed by atoms with Crippen LogP contribution in [0.5, 0.6) is 0 Å². The van der Waals surface area contributed by atoms with Gasteiger partial charge in [0.1, 0.15) is 0 Å². The molecule has 1 aromatic heterocycles. The molecule has 0 bridgehead atoms. The van der Waals surface area contributed by atoms with E-state index in [1.165, 1.54) is 0 Å². The third kappa shape index (κ3) is 6.45. The molecule has 0 radical (unpaired) electrons. The van der Waals surface area contributed by atoms with Crippen molar-refractivity contribution in [1.29, 1.82) is 0 Å². The van der Waals surface area contributed by atoms with Crippen LogP contribution in [0.1, 0.15) is 18.2 Å². The molecule has 2 aromatic rings. The minimum absolute atomic E-state index is 0.254. The number of hydrogen-bond acceptors (Lipinski definition) is 4. The van der Waals surface area contributed by atoms with Crippen molar-refractivity contribution in [3.8, 4) is 0 Å². The summed E-state index contributed by atoms with van der Waals surface area (Å²) in [6.07, 6.45) is 1.73. The standard InChI is InChI=1S/C18H25N5O2S/c1-3-19-18(22-14-16-6-4-5-11-20-16)21-12-13-23-26(24,25)17-9-7-15(2)8-10-17/h4-11,23H,3,12-14H2,1-2H3,(H2,19,21,22). The average molecular weight is 375 g/mol. The van der Waals surface area contributed by atoms with E-state index >= 15 is 0 Å². The molecule has 140 valence electrons. The number of benzene rings is 1. The number of aliphatic imine (C=N–C) groups is 1. The van der Waals surface area contributed by atoms with Gasteiger partial charge in [0, 0.05) is 25.8 Å². The Balaban J connectivity index is 1.84. The number of hydrogen-bond donors (Lipinski definition) is 3. The summed E-state index contributed by atoms with van der Waals surface area (Å²) in [5, 5.41) is 6.23. The van der Waals surface area contributed by atoms with Gasteiger partial charge in [-0.15, -0.1) is 0 Å². The molecule has 0 aliphatic heterocycles. The lowest BCUT2D eigenvalue weighted by atomic mass is 10.2. The van der Waals surface area contributed by atoms with Gasteiger partial charge >= 0.3 is 0 Å². The van der Waals surface area contributed by atoms with Gasteiger partial charge in [-0.2, -0.15) is 0 Å². The highest BCUT2D eigenvalue weighted by atomic mass is 32.2. The number of guanidine groups is 1. The Morgan fingerprint density at radius 3 is 2.50 bits per heavy atom. The zero-order valence-corrected chi connectivity index (χ0v) is 15.9. The van der Waals surface area contributed by atoms with Crippen molar-refractivity contribution in [3.05, 3.63) is 59.9 Å². The number of nitrogens with one attached hydrogen (secondary N) is 3. The minimum atomic E-state index is -3.50. The summed E-state index contributed by atoms with van der Waals surface area (Å²) in [6.45, 7) is 5.72. The van der Waals surface area contributed by atoms with Gasteiger partial charge in [-0.3, -0.25) is 4.98 Å². The maximum Gasteiger partial charge on any atom is 0.240 e. The topological polar surface area (TPSA) is 95.5 Å². The van der Waals surface area contributed by atoms with E-state index in [0.29, 0.717) is 25.6 Å². The van der Waals surface area contributed by atoms with Gasteiger partial charge in [0.2, 0.25) is 10.0 Å². The monoisotopic (exact) mass is 375 g/mol. The van der Waals surface area contributed by atoms with E-state index in [2.05, 4.69) is 25.3 Å². The van der Waals surface area contributed by atoms with Crippen LogP contribution in [0.2, 0.25) is 0 Å². The Bertz CT molecular complexity index is 805. The van der Waals surface area contributed by atoms with Crippen LogP contribution in [0.25, 0.3) is 0 Å². The van der Waals surface area contributed by atoms with Crippen LogP contribution in [0.15, 0.2) is 58.5 Å².